The van der Waals surface area contributed by atoms with Crippen molar-refractivity contribution >= 4 is 5.91 Å². The number of amides is 1. The molecule has 0 aliphatic heterocycles. The molecule has 3 unspecified atom stereocenters. The van der Waals surface area contributed by atoms with Crippen molar-refractivity contribution in [3.63, 3.8) is 0 Å². The van der Waals surface area contributed by atoms with Crippen LogP contribution in [0.3, 0.4) is 0 Å². The van der Waals surface area contributed by atoms with E-state index in [4.69, 9.17) is 0 Å². The molecule has 114 valence electrons. The van der Waals surface area contributed by atoms with Crippen LogP contribution in [0.2, 0.25) is 0 Å². The summed E-state index contributed by atoms with van der Waals surface area (Å²) in [5, 5.41) is 12.9. The van der Waals surface area contributed by atoms with Gasteiger partial charge in [-0.3, -0.25) is 4.79 Å². The normalized spacial score (nSPS) is 33.1. The van der Waals surface area contributed by atoms with Gasteiger partial charge in [0.1, 0.15) is 11.6 Å². The fourth-order valence-corrected chi connectivity index (χ4v) is 4.57. The molecule has 2 N–H and O–H groups in total. The van der Waals surface area contributed by atoms with Gasteiger partial charge in [-0.05, 0) is 48.1 Å². The molecule has 3 nitrogen and oxygen atoms in total. The lowest BCUT2D eigenvalue weighted by Gasteiger charge is -2.43. The first-order valence-corrected chi connectivity index (χ1v) is 7.53. The predicted molar refractivity (Wildman–Crippen MR) is 78.5 cm³/mol. The number of hydrogen-bond acceptors (Lipinski definition) is 2. The van der Waals surface area contributed by atoms with Crippen molar-refractivity contribution in [2.45, 2.75) is 46.1 Å². The van der Waals surface area contributed by atoms with E-state index in [2.05, 4.69) is 26.1 Å². The van der Waals surface area contributed by atoms with Gasteiger partial charge in [0.15, 0.2) is 0 Å². The second-order valence-electron chi connectivity index (χ2n) is 7.48. The third-order valence-corrected chi connectivity index (χ3v) is 5.75. The summed E-state index contributed by atoms with van der Waals surface area (Å²) in [7, 11) is 0. The molecule has 4 heteroatoms. The van der Waals surface area contributed by atoms with Crippen LogP contribution in [0.4, 0.5) is 4.39 Å². The average Bonchev–Trinajstić information content (AvgIpc) is 2.85. The molecule has 0 spiro atoms. The van der Waals surface area contributed by atoms with E-state index in [1.54, 1.807) is 0 Å². The average molecular weight is 291 g/mol. The van der Waals surface area contributed by atoms with Crippen LogP contribution < -0.4 is 5.32 Å². The first-order chi connectivity index (χ1) is 9.74. The van der Waals surface area contributed by atoms with Crippen molar-refractivity contribution in [1.82, 2.24) is 5.32 Å². The lowest BCUT2D eigenvalue weighted by Crippen LogP contribution is -2.52. The molecule has 3 rings (SSSR count). The summed E-state index contributed by atoms with van der Waals surface area (Å²) >= 11 is 0. The van der Waals surface area contributed by atoms with Crippen molar-refractivity contribution in [1.29, 1.82) is 0 Å². The Hall–Kier alpha value is -1.58. The summed E-state index contributed by atoms with van der Waals surface area (Å²) in [6, 6.07) is 3.59. The molecule has 2 fully saturated rings. The van der Waals surface area contributed by atoms with Crippen LogP contribution in [0.15, 0.2) is 18.2 Å². The summed E-state index contributed by atoms with van der Waals surface area (Å²) in [5.74, 6) is -0.538. The van der Waals surface area contributed by atoms with Crippen molar-refractivity contribution in [3.05, 3.63) is 29.6 Å². The van der Waals surface area contributed by atoms with Gasteiger partial charge in [-0.1, -0.05) is 20.8 Å². The minimum atomic E-state index is -0.545. The molecular formula is C17H22FNO2. The molecule has 0 aromatic heterocycles. The highest BCUT2D eigenvalue weighted by Crippen LogP contribution is 2.62. The van der Waals surface area contributed by atoms with E-state index in [1.165, 1.54) is 18.6 Å². The molecule has 2 bridgehead atoms. The number of carbonyl (C=O) groups is 1. The topological polar surface area (TPSA) is 49.3 Å². The fraction of sp³-hybridized carbons (Fsp3) is 0.588. The van der Waals surface area contributed by atoms with Crippen LogP contribution >= 0.6 is 0 Å². The molecule has 21 heavy (non-hydrogen) atoms. The van der Waals surface area contributed by atoms with Crippen LogP contribution in [0.1, 0.15) is 50.4 Å². The van der Waals surface area contributed by atoms with Crippen LogP contribution in [-0.4, -0.2) is 17.1 Å². The number of phenols is 1. The minimum Gasteiger partial charge on any atom is -0.507 e. The Morgan fingerprint density at radius 1 is 1.38 bits per heavy atom. The van der Waals surface area contributed by atoms with Crippen LogP contribution in [0.25, 0.3) is 0 Å². The second-order valence-corrected chi connectivity index (χ2v) is 7.48. The number of benzene rings is 1. The van der Waals surface area contributed by atoms with Crippen molar-refractivity contribution in [2.24, 2.45) is 16.7 Å². The highest BCUT2D eigenvalue weighted by molar-refractivity contribution is 5.97. The van der Waals surface area contributed by atoms with Crippen molar-refractivity contribution < 1.29 is 14.3 Å². The maximum atomic E-state index is 13.0. The first-order valence-electron chi connectivity index (χ1n) is 7.53. The maximum absolute atomic E-state index is 13.0. The van der Waals surface area contributed by atoms with E-state index in [9.17, 15) is 14.3 Å². The number of phenolic OH excluding ortho intramolecular Hbond substituents is 1. The molecule has 0 radical (unpaired) electrons. The minimum absolute atomic E-state index is 0.0539. The number of fused-ring (bicyclic) bond motifs is 2. The monoisotopic (exact) mass is 291 g/mol. The third kappa shape index (κ3) is 2.12. The first kappa shape index (κ1) is 14.4. The lowest BCUT2D eigenvalue weighted by molar-refractivity contribution is 0.0735. The van der Waals surface area contributed by atoms with Gasteiger partial charge >= 0.3 is 0 Å². The smallest absolute Gasteiger partial charge is 0.255 e. The van der Waals surface area contributed by atoms with Gasteiger partial charge in [-0.25, -0.2) is 4.39 Å². The number of halogens is 1. The Kier molecular flexibility index (Phi) is 3.05. The standard InChI is InChI=1S/C17H22FNO2/c1-16(2)10-6-7-17(3,9-10)15(16)19-14(21)12-5-4-11(18)8-13(12)20/h4-5,8,10,15,20H,6-7,9H2,1-3H3,(H,19,21). The van der Waals surface area contributed by atoms with E-state index >= 15 is 0 Å². The molecule has 0 heterocycles. The molecule has 0 saturated heterocycles. The lowest BCUT2D eigenvalue weighted by atomic mass is 9.68. The molecule has 3 atom stereocenters. The summed E-state index contributed by atoms with van der Waals surface area (Å²) in [6.45, 7) is 6.65. The summed E-state index contributed by atoms with van der Waals surface area (Å²) in [4.78, 5) is 12.4. The zero-order valence-corrected chi connectivity index (χ0v) is 12.7. The van der Waals surface area contributed by atoms with Gasteiger partial charge in [-0.15, -0.1) is 0 Å². The predicted octanol–water partition coefficient (Wildman–Crippen LogP) is 3.48. The van der Waals surface area contributed by atoms with Gasteiger partial charge in [0, 0.05) is 12.1 Å². The highest BCUT2D eigenvalue weighted by Gasteiger charge is 2.59. The molecule has 1 amide bonds. The zero-order valence-electron chi connectivity index (χ0n) is 12.7. The van der Waals surface area contributed by atoms with E-state index in [0.29, 0.717) is 5.92 Å². The van der Waals surface area contributed by atoms with Crippen LogP contribution in [0, 0.1) is 22.6 Å². The Balaban J connectivity index is 1.85. The molecular weight excluding hydrogens is 269 g/mol. The van der Waals surface area contributed by atoms with E-state index in [0.717, 1.165) is 18.9 Å². The molecule has 2 aliphatic rings. The van der Waals surface area contributed by atoms with Gasteiger partial charge in [-0.2, -0.15) is 0 Å². The summed E-state index contributed by atoms with van der Waals surface area (Å²) in [5.41, 5.74) is 0.316. The number of aromatic hydroxyl groups is 1. The van der Waals surface area contributed by atoms with Gasteiger partial charge in [0.2, 0.25) is 0 Å². The Morgan fingerprint density at radius 3 is 2.67 bits per heavy atom. The van der Waals surface area contributed by atoms with Crippen molar-refractivity contribution in [3.8, 4) is 5.75 Å². The van der Waals surface area contributed by atoms with E-state index < -0.39 is 5.82 Å². The van der Waals surface area contributed by atoms with Crippen molar-refractivity contribution in [2.75, 3.05) is 0 Å². The van der Waals surface area contributed by atoms with E-state index in [-0.39, 0.29) is 34.1 Å². The highest BCUT2D eigenvalue weighted by atomic mass is 19.1. The molecule has 1 aromatic carbocycles. The Bertz CT molecular complexity index is 594. The van der Waals surface area contributed by atoms with Gasteiger partial charge < -0.3 is 10.4 Å². The summed E-state index contributed by atoms with van der Waals surface area (Å²) < 4.78 is 13.0. The quantitative estimate of drug-likeness (QED) is 0.876. The number of carbonyl (C=O) groups excluding carboxylic acids is 1. The Morgan fingerprint density at radius 2 is 2.10 bits per heavy atom. The third-order valence-electron chi connectivity index (χ3n) is 5.75. The van der Waals surface area contributed by atoms with E-state index in [1.807, 2.05) is 0 Å². The maximum Gasteiger partial charge on any atom is 0.255 e. The van der Waals surface area contributed by atoms with Crippen LogP contribution in [0.5, 0.6) is 5.75 Å². The summed E-state index contributed by atoms with van der Waals surface area (Å²) in [6.07, 6.45) is 3.49. The number of hydrogen-bond donors (Lipinski definition) is 2. The molecule has 2 saturated carbocycles. The zero-order chi connectivity index (χ0) is 15.4. The second kappa shape index (κ2) is 4.46. The van der Waals surface area contributed by atoms with Gasteiger partial charge in [0.05, 0.1) is 5.56 Å². The molecule has 1 aromatic rings. The number of nitrogens with one attached hydrogen (secondary N) is 1. The number of rotatable bonds is 2. The fourth-order valence-electron chi connectivity index (χ4n) is 4.57. The largest absolute Gasteiger partial charge is 0.507 e. The van der Waals surface area contributed by atoms with Gasteiger partial charge in [0.25, 0.3) is 5.91 Å². The molecule has 2 aliphatic carbocycles. The Labute approximate surface area is 124 Å². The van der Waals surface area contributed by atoms with Crippen LogP contribution in [-0.2, 0) is 0 Å². The SMILES string of the molecule is CC12CCC(C1)C(C)(C)C2NC(=O)c1ccc(F)cc1O.